The van der Waals surface area contributed by atoms with Crippen LogP contribution in [0.2, 0.25) is 0 Å². The zero-order valence-electron chi connectivity index (χ0n) is 17.0. The maximum absolute atomic E-state index is 12.8. The number of benzene rings is 2. The lowest BCUT2D eigenvalue weighted by Crippen LogP contribution is -2.23. The van der Waals surface area contributed by atoms with Crippen LogP contribution >= 0.6 is 0 Å². The number of carbonyl (C=O) groups is 1. The Morgan fingerprint density at radius 1 is 0.935 bits per heavy atom. The molecule has 164 valence electrons. The lowest BCUT2D eigenvalue weighted by atomic mass is 10.1. The molecule has 0 saturated carbocycles. The van der Waals surface area contributed by atoms with Gasteiger partial charge in [0.05, 0.1) is 18.7 Å². The summed E-state index contributed by atoms with van der Waals surface area (Å²) in [4.78, 5) is 18.9. The molecule has 1 amide bonds. The number of amides is 1. The van der Waals surface area contributed by atoms with Gasteiger partial charge in [-0.05, 0) is 42.3 Å². The highest BCUT2D eigenvalue weighted by atomic mass is 19.4. The van der Waals surface area contributed by atoms with E-state index in [1.54, 1.807) is 19.1 Å². The van der Waals surface area contributed by atoms with Crippen molar-refractivity contribution in [3.8, 4) is 0 Å². The van der Waals surface area contributed by atoms with E-state index in [0.29, 0.717) is 32.0 Å². The number of nitrogens with zero attached hydrogens (tertiary/aromatic N) is 1. The molecule has 1 N–H and O–H groups in total. The van der Waals surface area contributed by atoms with Crippen LogP contribution in [0.4, 0.5) is 13.2 Å². The van der Waals surface area contributed by atoms with Crippen molar-refractivity contribution >= 4 is 5.91 Å². The lowest BCUT2D eigenvalue weighted by molar-refractivity contribution is -0.137. The normalized spacial score (nSPS) is 11.6. The van der Waals surface area contributed by atoms with Crippen molar-refractivity contribution in [1.29, 1.82) is 0 Å². The van der Waals surface area contributed by atoms with Gasteiger partial charge in [-0.15, -0.1) is 0 Å². The lowest BCUT2D eigenvalue weighted by Gasteiger charge is -2.22. The van der Waals surface area contributed by atoms with Crippen molar-refractivity contribution in [2.75, 3.05) is 6.61 Å². The predicted molar refractivity (Wildman–Crippen MR) is 109 cm³/mol. The maximum Gasteiger partial charge on any atom is 0.416 e. The van der Waals surface area contributed by atoms with E-state index >= 15 is 0 Å². The van der Waals surface area contributed by atoms with E-state index in [0.717, 1.165) is 23.3 Å². The highest BCUT2D eigenvalue weighted by Crippen LogP contribution is 2.29. The van der Waals surface area contributed by atoms with E-state index in [-0.39, 0.29) is 5.76 Å². The van der Waals surface area contributed by atoms with E-state index in [1.165, 1.54) is 12.1 Å². The minimum absolute atomic E-state index is 0.123. The number of hydrogen-bond acceptors (Lipinski definition) is 4. The van der Waals surface area contributed by atoms with Crippen LogP contribution in [0.25, 0.3) is 0 Å². The summed E-state index contributed by atoms with van der Waals surface area (Å²) in [5, 5.41) is 0. The smallest absolute Gasteiger partial charge is 0.416 e. The highest BCUT2D eigenvalue weighted by Gasteiger charge is 2.30. The Labute approximate surface area is 178 Å². The molecule has 0 radical (unpaired) electrons. The van der Waals surface area contributed by atoms with Crippen LogP contribution in [-0.4, -0.2) is 17.4 Å². The number of hydrogen-bond donors (Lipinski definition) is 1. The summed E-state index contributed by atoms with van der Waals surface area (Å²) in [6.45, 7) is 3.42. The Bertz CT molecular complexity index is 970. The second-order valence-corrected chi connectivity index (χ2v) is 6.96. The average Bonchev–Trinajstić information content (AvgIpc) is 3.21. The average molecular weight is 432 g/mol. The Kier molecular flexibility index (Phi) is 7.49. The van der Waals surface area contributed by atoms with Crippen LogP contribution in [0.1, 0.15) is 39.9 Å². The maximum atomic E-state index is 12.8. The molecule has 0 atom stereocenters. The number of rotatable bonds is 9. The SMILES string of the molecule is CCONC(=O)c1ccc(CN(Cc2ccccc2)Cc2ccc(C(F)(F)F)cc2)o1. The fourth-order valence-electron chi connectivity index (χ4n) is 3.06. The molecule has 0 unspecified atom stereocenters. The minimum Gasteiger partial charge on any atom is -0.454 e. The van der Waals surface area contributed by atoms with E-state index < -0.39 is 17.6 Å². The van der Waals surface area contributed by atoms with E-state index in [2.05, 4.69) is 5.48 Å². The van der Waals surface area contributed by atoms with Crippen molar-refractivity contribution in [2.24, 2.45) is 0 Å². The van der Waals surface area contributed by atoms with Gasteiger partial charge in [0.25, 0.3) is 0 Å². The van der Waals surface area contributed by atoms with Gasteiger partial charge >= 0.3 is 12.1 Å². The van der Waals surface area contributed by atoms with Crippen LogP contribution in [0, 0.1) is 0 Å². The van der Waals surface area contributed by atoms with Gasteiger partial charge in [-0.1, -0.05) is 42.5 Å². The van der Waals surface area contributed by atoms with Gasteiger partial charge in [0.1, 0.15) is 5.76 Å². The van der Waals surface area contributed by atoms with Crippen LogP contribution in [0.15, 0.2) is 71.1 Å². The molecule has 8 heteroatoms. The molecule has 0 bridgehead atoms. The van der Waals surface area contributed by atoms with Gasteiger partial charge in [0.15, 0.2) is 5.76 Å². The summed E-state index contributed by atoms with van der Waals surface area (Å²) in [5.41, 5.74) is 3.39. The van der Waals surface area contributed by atoms with Crippen molar-refractivity contribution in [2.45, 2.75) is 32.7 Å². The number of nitrogens with one attached hydrogen (secondary N) is 1. The van der Waals surface area contributed by atoms with Gasteiger partial charge in [-0.2, -0.15) is 13.2 Å². The number of halogens is 3. The molecule has 0 aliphatic heterocycles. The third kappa shape index (κ3) is 6.70. The Balaban J connectivity index is 1.74. The Morgan fingerprint density at radius 3 is 2.19 bits per heavy atom. The van der Waals surface area contributed by atoms with Gasteiger partial charge in [0, 0.05) is 13.1 Å². The zero-order valence-corrected chi connectivity index (χ0v) is 17.0. The van der Waals surface area contributed by atoms with E-state index in [9.17, 15) is 18.0 Å². The highest BCUT2D eigenvalue weighted by molar-refractivity contribution is 5.90. The molecule has 3 aromatic rings. The second-order valence-electron chi connectivity index (χ2n) is 6.96. The standard InChI is InChI=1S/C23H23F3N2O3/c1-2-30-27-22(29)21-13-12-20(31-21)16-28(14-17-6-4-3-5-7-17)15-18-8-10-19(11-9-18)23(24,25)26/h3-13H,2,14-16H2,1H3,(H,27,29). The fourth-order valence-corrected chi connectivity index (χ4v) is 3.06. The van der Waals surface area contributed by atoms with E-state index in [1.807, 2.05) is 35.2 Å². The molecule has 1 heterocycles. The number of carbonyl (C=O) groups excluding carboxylic acids is 1. The van der Waals surface area contributed by atoms with Crippen molar-refractivity contribution < 1.29 is 27.2 Å². The molecule has 5 nitrogen and oxygen atoms in total. The first kappa shape index (κ1) is 22.6. The summed E-state index contributed by atoms with van der Waals surface area (Å²) < 4.78 is 44.1. The summed E-state index contributed by atoms with van der Waals surface area (Å²) in [7, 11) is 0. The molecule has 2 aromatic carbocycles. The fraction of sp³-hybridized carbons (Fsp3) is 0.261. The molecular weight excluding hydrogens is 409 g/mol. The number of hydroxylamine groups is 1. The summed E-state index contributed by atoms with van der Waals surface area (Å²) >= 11 is 0. The van der Waals surface area contributed by atoms with E-state index in [4.69, 9.17) is 9.25 Å². The summed E-state index contributed by atoms with van der Waals surface area (Å²) in [6, 6.07) is 18.1. The van der Waals surface area contributed by atoms with Crippen LogP contribution in [0.5, 0.6) is 0 Å². The van der Waals surface area contributed by atoms with Crippen LogP contribution in [-0.2, 0) is 30.6 Å². The van der Waals surface area contributed by atoms with Crippen molar-refractivity contribution in [1.82, 2.24) is 10.4 Å². The third-order valence-electron chi connectivity index (χ3n) is 4.51. The van der Waals surface area contributed by atoms with Gasteiger partial charge in [0.2, 0.25) is 0 Å². The quantitative estimate of drug-likeness (QED) is 0.474. The summed E-state index contributed by atoms with van der Waals surface area (Å²) in [5.74, 6) is 0.201. The Hall–Kier alpha value is -3.10. The van der Waals surface area contributed by atoms with Crippen LogP contribution in [0.3, 0.4) is 0 Å². The minimum atomic E-state index is -4.37. The van der Waals surface area contributed by atoms with Gasteiger partial charge in [-0.3, -0.25) is 14.5 Å². The van der Waals surface area contributed by atoms with Crippen molar-refractivity contribution in [3.63, 3.8) is 0 Å². The third-order valence-corrected chi connectivity index (χ3v) is 4.51. The number of alkyl halides is 3. The largest absolute Gasteiger partial charge is 0.454 e. The molecule has 0 spiro atoms. The monoisotopic (exact) mass is 432 g/mol. The first-order valence-corrected chi connectivity index (χ1v) is 9.78. The molecule has 0 aliphatic rings. The molecule has 3 rings (SSSR count). The molecule has 1 aromatic heterocycles. The zero-order chi connectivity index (χ0) is 22.3. The molecule has 0 saturated heterocycles. The number of furan rings is 1. The first-order valence-electron chi connectivity index (χ1n) is 9.78. The second kappa shape index (κ2) is 10.3. The van der Waals surface area contributed by atoms with Crippen LogP contribution < -0.4 is 5.48 Å². The molecular formula is C23H23F3N2O3. The first-order chi connectivity index (χ1) is 14.8. The van der Waals surface area contributed by atoms with Gasteiger partial charge in [-0.25, -0.2) is 5.48 Å². The predicted octanol–water partition coefficient (Wildman–Crippen LogP) is 5.18. The molecule has 31 heavy (non-hydrogen) atoms. The summed E-state index contributed by atoms with van der Waals surface area (Å²) in [6.07, 6.45) is -4.37. The topological polar surface area (TPSA) is 54.7 Å². The van der Waals surface area contributed by atoms with Gasteiger partial charge < -0.3 is 4.42 Å². The molecule has 0 fully saturated rings. The van der Waals surface area contributed by atoms with Crippen molar-refractivity contribution in [3.05, 3.63) is 94.9 Å². The Morgan fingerprint density at radius 2 is 1.58 bits per heavy atom. The molecule has 0 aliphatic carbocycles.